The molecular formula is C27H30ClN3O6. The molecule has 37 heavy (non-hydrogen) atoms. The second-order valence-electron chi connectivity index (χ2n) is 8.71. The van der Waals surface area contributed by atoms with E-state index in [9.17, 15) is 19.7 Å². The monoisotopic (exact) mass is 527 g/mol. The number of nitrogens with zero attached hydrogens (tertiary/aromatic N) is 2. The highest BCUT2D eigenvalue weighted by molar-refractivity contribution is 6.30. The van der Waals surface area contributed by atoms with Crippen LogP contribution in [0.4, 0.5) is 5.69 Å². The predicted octanol–water partition coefficient (Wildman–Crippen LogP) is 4.72. The molecule has 0 saturated heterocycles. The number of halogens is 1. The van der Waals surface area contributed by atoms with Gasteiger partial charge in [-0.15, -0.1) is 0 Å². The first-order valence-corrected chi connectivity index (χ1v) is 12.2. The van der Waals surface area contributed by atoms with Crippen LogP contribution in [0.5, 0.6) is 0 Å². The van der Waals surface area contributed by atoms with Crippen LogP contribution in [0, 0.1) is 10.1 Å². The summed E-state index contributed by atoms with van der Waals surface area (Å²) in [5, 5.41) is 15.2. The van der Waals surface area contributed by atoms with Gasteiger partial charge in [-0.25, -0.2) is 9.59 Å². The Bertz CT molecular complexity index is 1240. The van der Waals surface area contributed by atoms with Gasteiger partial charge in [0.25, 0.3) is 5.69 Å². The molecule has 0 fully saturated rings. The molecule has 1 aliphatic rings. The van der Waals surface area contributed by atoms with Gasteiger partial charge in [-0.3, -0.25) is 15.0 Å². The molecule has 2 aromatic carbocycles. The van der Waals surface area contributed by atoms with Gasteiger partial charge >= 0.3 is 11.9 Å². The maximum Gasteiger partial charge on any atom is 0.336 e. The fourth-order valence-corrected chi connectivity index (χ4v) is 4.37. The molecule has 1 atom stereocenters. The number of benzene rings is 2. The molecule has 196 valence electrons. The van der Waals surface area contributed by atoms with Crippen molar-refractivity contribution in [1.82, 2.24) is 10.2 Å². The number of nitro benzene ring substituents is 1. The summed E-state index contributed by atoms with van der Waals surface area (Å²) in [6.45, 7) is 6.45. The number of likely N-dealkylation sites (N-methyl/N-ethyl adjacent to an activating group) is 1. The van der Waals surface area contributed by atoms with E-state index in [0.717, 1.165) is 5.56 Å². The number of rotatable bonds is 10. The van der Waals surface area contributed by atoms with Crippen LogP contribution in [-0.4, -0.2) is 48.6 Å². The third kappa shape index (κ3) is 6.96. The van der Waals surface area contributed by atoms with Gasteiger partial charge in [0.05, 0.1) is 28.6 Å². The van der Waals surface area contributed by atoms with Crippen LogP contribution in [0.3, 0.4) is 0 Å². The lowest BCUT2D eigenvalue weighted by atomic mass is 9.80. The minimum atomic E-state index is -0.889. The predicted molar refractivity (Wildman–Crippen MR) is 140 cm³/mol. The van der Waals surface area contributed by atoms with Crippen LogP contribution in [-0.2, 0) is 25.6 Å². The zero-order valence-corrected chi connectivity index (χ0v) is 22.0. The molecule has 1 aliphatic heterocycles. The third-order valence-electron chi connectivity index (χ3n) is 5.96. The Morgan fingerprint density at radius 2 is 1.68 bits per heavy atom. The molecule has 0 amide bonds. The van der Waals surface area contributed by atoms with Crippen LogP contribution in [0.1, 0.15) is 37.8 Å². The second-order valence-corrected chi connectivity index (χ2v) is 9.14. The molecule has 0 saturated carbocycles. The number of carbonyl (C=O) groups is 2. The lowest BCUT2D eigenvalue weighted by molar-refractivity contribution is -0.384. The molecule has 0 radical (unpaired) electrons. The van der Waals surface area contributed by atoms with Crippen molar-refractivity contribution < 1.29 is 24.0 Å². The number of carbonyl (C=O) groups excluding carboxylic acids is 2. The maximum atomic E-state index is 13.4. The smallest absolute Gasteiger partial charge is 0.336 e. The minimum Gasteiger partial charge on any atom is -0.463 e. The van der Waals surface area contributed by atoms with Crippen LogP contribution in [0.25, 0.3) is 0 Å². The molecule has 9 nitrogen and oxygen atoms in total. The molecule has 1 unspecified atom stereocenters. The number of nitrogens with one attached hydrogen (secondary N) is 1. The average molecular weight is 528 g/mol. The number of hydrogen-bond acceptors (Lipinski definition) is 8. The van der Waals surface area contributed by atoms with E-state index in [-0.39, 0.29) is 30.0 Å². The number of nitro groups is 1. The number of allylic oxidation sites excluding steroid dienone is 2. The summed E-state index contributed by atoms with van der Waals surface area (Å²) < 4.78 is 10.9. The van der Waals surface area contributed by atoms with E-state index in [1.165, 1.54) is 18.2 Å². The van der Waals surface area contributed by atoms with Crippen molar-refractivity contribution in [3.05, 3.63) is 97.3 Å². The molecule has 2 aromatic rings. The highest BCUT2D eigenvalue weighted by Crippen LogP contribution is 2.40. The first-order chi connectivity index (χ1) is 17.6. The standard InChI is InChI=1S/C27H30ClN3O6/c1-5-36-26(32)23-17(2)29-18(3)24(25(23)20-7-6-8-22(15-20)31(34)35)27(33)37-14-13-30(4)16-19-9-11-21(28)12-10-19/h6-12,15,25,29H,5,13-14,16H2,1-4H3. The average Bonchev–Trinajstić information content (AvgIpc) is 2.85. The van der Waals surface area contributed by atoms with E-state index in [1.807, 2.05) is 36.2 Å². The third-order valence-corrected chi connectivity index (χ3v) is 6.21. The zero-order chi connectivity index (χ0) is 27.1. The topological polar surface area (TPSA) is 111 Å². The van der Waals surface area contributed by atoms with Crippen molar-refractivity contribution in [2.75, 3.05) is 26.8 Å². The van der Waals surface area contributed by atoms with Crippen LogP contribution in [0.2, 0.25) is 5.02 Å². The number of non-ortho nitro benzene ring substituents is 1. The van der Waals surface area contributed by atoms with Crippen LogP contribution < -0.4 is 5.32 Å². The van der Waals surface area contributed by atoms with Crippen molar-refractivity contribution in [3.8, 4) is 0 Å². The summed E-state index contributed by atoms with van der Waals surface area (Å²) in [6, 6.07) is 13.4. The minimum absolute atomic E-state index is 0.110. The second kappa shape index (κ2) is 12.5. The number of esters is 2. The van der Waals surface area contributed by atoms with Crippen LogP contribution >= 0.6 is 11.6 Å². The highest BCUT2D eigenvalue weighted by Gasteiger charge is 2.38. The largest absolute Gasteiger partial charge is 0.463 e. The molecule has 1 heterocycles. The van der Waals surface area contributed by atoms with Crippen molar-refractivity contribution in [3.63, 3.8) is 0 Å². The lowest BCUT2D eigenvalue weighted by Crippen LogP contribution is -2.33. The fourth-order valence-electron chi connectivity index (χ4n) is 4.25. The van der Waals surface area contributed by atoms with Gasteiger partial charge in [-0.2, -0.15) is 0 Å². The number of ether oxygens (including phenoxy) is 2. The Kier molecular flexibility index (Phi) is 9.43. The normalized spacial score (nSPS) is 15.5. The fraction of sp³-hybridized carbons (Fsp3) is 0.333. The summed E-state index contributed by atoms with van der Waals surface area (Å²) in [4.78, 5) is 39.2. The SMILES string of the molecule is CCOC(=O)C1=C(C)NC(C)=C(C(=O)OCCN(C)Cc2ccc(Cl)cc2)C1c1cccc([N+](=O)[O-])c1. The molecular weight excluding hydrogens is 498 g/mol. The van der Waals surface area contributed by atoms with Crippen molar-refractivity contribution in [1.29, 1.82) is 0 Å². The van der Waals surface area contributed by atoms with Gasteiger partial charge in [0.1, 0.15) is 6.61 Å². The van der Waals surface area contributed by atoms with Gasteiger partial charge in [0.2, 0.25) is 0 Å². The summed E-state index contributed by atoms with van der Waals surface area (Å²) in [7, 11) is 1.91. The van der Waals surface area contributed by atoms with E-state index in [1.54, 1.807) is 26.8 Å². The van der Waals surface area contributed by atoms with E-state index in [2.05, 4.69) is 5.32 Å². The molecule has 1 N–H and O–H groups in total. The molecule has 0 aliphatic carbocycles. The summed E-state index contributed by atoms with van der Waals surface area (Å²) >= 11 is 5.94. The van der Waals surface area contributed by atoms with Crippen molar-refractivity contribution >= 4 is 29.2 Å². The summed E-state index contributed by atoms with van der Waals surface area (Å²) in [5.74, 6) is -2.11. The quantitative estimate of drug-likeness (QED) is 0.268. The molecule has 0 bridgehead atoms. The lowest BCUT2D eigenvalue weighted by Gasteiger charge is -2.30. The Morgan fingerprint density at radius 1 is 1.05 bits per heavy atom. The number of dihydropyridines is 1. The van der Waals surface area contributed by atoms with E-state index in [4.69, 9.17) is 21.1 Å². The Balaban J connectivity index is 1.83. The maximum absolute atomic E-state index is 13.4. The molecule has 0 aromatic heterocycles. The van der Waals surface area contributed by atoms with Crippen molar-refractivity contribution in [2.24, 2.45) is 0 Å². The molecule has 3 rings (SSSR count). The number of hydrogen-bond donors (Lipinski definition) is 1. The Hall–Kier alpha value is -3.69. The van der Waals surface area contributed by atoms with Gasteiger partial charge in [0, 0.05) is 41.6 Å². The Morgan fingerprint density at radius 3 is 2.27 bits per heavy atom. The zero-order valence-electron chi connectivity index (χ0n) is 21.2. The molecule has 10 heteroatoms. The summed E-state index contributed by atoms with van der Waals surface area (Å²) in [6.07, 6.45) is 0. The van der Waals surface area contributed by atoms with E-state index >= 15 is 0 Å². The molecule has 0 spiro atoms. The van der Waals surface area contributed by atoms with Crippen LogP contribution in [0.15, 0.2) is 71.1 Å². The first-order valence-electron chi connectivity index (χ1n) is 11.8. The summed E-state index contributed by atoms with van der Waals surface area (Å²) in [5.41, 5.74) is 2.76. The van der Waals surface area contributed by atoms with Gasteiger partial charge in [-0.1, -0.05) is 35.9 Å². The highest BCUT2D eigenvalue weighted by atomic mass is 35.5. The van der Waals surface area contributed by atoms with Gasteiger partial charge < -0.3 is 14.8 Å². The van der Waals surface area contributed by atoms with Gasteiger partial charge in [0.15, 0.2) is 0 Å². The Labute approximate surface area is 220 Å². The van der Waals surface area contributed by atoms with Gasteiger partial charge in [-0.05, 0) is 51.1 Å². The van der Waals surface area contributed by atoms with E-state index < -0.39 is 22.8 Å². The van der Waals surface area contributed by atoms with Crippen molar-refractivity contribution in [2.45, 2.75) is 33.2 Å². The van der Waals surface area contributed by atoms with E-state index in [0.29, 0.717) is 35.1 Å². The first kappa shape index (κ1) is 27.9.